The third-order valence-electron chi connectivity index (χ3n) is 13.1. The highest BCUT2D eigenvalue weighted by Gasteiger charge is 2.18. The first-order valence-electron chi connectivity index (χ1n) is 28.8. The number of aliphatic hydroxyl groups excluding tert-OH is 2. The summed E-state index contributed by atoms with van der Waals surface area (Å²) in [6.07, 6.45) is 67.4. The van der Waals surface area contributed by atoms with Gasteiger partial charge in [0.1, 0.15) is 0 Å². The number of carbonyl (C=O) groups is 2. The molecule has 382 valence electrons. The molecule has 0 heterocycles. The van der Waals surface area contributed by atoms with Gasteiger partial charge in [-0.2, -0.15) is 0 Å². The van der Waals surface area contributed by atoms with E-state index in [4.69, 9.17) is 4.74 Å². The zero-order chi connectivity index (χ0) is 47.2. The molecule has 1 amide bonds. The number of ether oxygens (including phenoxy) is 1. The largest absolute Gasteiger partial charge is 0.466 e. The number of nitrogens with one attached hydrogen (secondary N) is 1. The molecule has 0 fully saturated rings. The molecule has 3 N–H and O–H groups in total. The first-order chi connectivity index (χ1) is 32.0. The summed E-state index contributed by atoms with van der Waals surface area (Å²) in [7, 11) is 0. The molecule has 0 saturated heterocycles. The molecule has 0 aromatic heterocycles. The van der Waals surface area contributed by atoms with Crippen molar-refractivity contribution in [2.75, 3.05) is 13.2 Å². The molecule has 0 spiro atoms. The van der Waals surface area contributed by atoms with Crippen molar-refractivity contribution in [3.63, 3.8) is 0 Å². The molecule has 2 atom stereocenters. The Labute approximate surface area is 404 Å². The lowest BCUT2D eigenvalue weighted by Crippen LogP contribution is -2.45. The number of hydrogen-bond donors (Lipinski definition) is 3. The highest BCUT2D eigenvalue weighted by molar-refractivity contribution is 5.76. The quantitative estimate of drug-likeness (QED) is 0.0321. The van der Waals surface area contributed by atoms with E-state index in [-0.39, 0.29) is 18.5 Å². The minimum Gasteiger partial charge on any atom is -0.466 e. The maximum Gasteiger partial charge on any atom is 0.305 e. The van der Waals surface area contributed by atoms with Crippen molar-refractivity contribution in [1.29, 1.82) is 0 Å². The number of rotatable bonds is 53. The van der Waals surface area contributed by atoms with Crippen molar-refractivity contribution in [2.45, 2.75) is 315 Å². The molecule has 0 aliphatic heterocycles. The van der Waals surface area contributed by atoms with Crippen molar-refractivity contribution in [1.82, 2.24) is 5.32 Å². The van der Waals surface area contributed by atoms with Crippen LogP contribution in [0.15, 0.2) is 36.5 Å². The third kappa shape index (κ3) is 51.3. The van der Waals surface area contributed by atoms with E-state index in [0.717, 1.165) is 44.9 Å². The Morgan fingerprint density at radius 1 is 0.415 bits per heavy atom. The summed E-state index contributed by atoms with van der Waals surface area (Å²) in [6, 6.07) is -0.630. The Hall–Kier alpha value is -1.92. The number of hydrogen-bond acceptors (Lipinski definition) is 5. The summed E-state index contributed by atoms with van der Waals surface area (Å²) < 4.78 is 5.45. The van der Waals surface area contributed by atoms with Crippen LogP contribution in [0.2, 0.25) is 0 Å². The SMILES string of the molecule is CCCC/C=C\CCCCCCCC(=O)OCCCCCCCCCCCCCC/C=C\CCCCCCCCCCC(=O)NC(CO)C(O)/C=C/CCCCCCCCCCCCC. The van der Waals surface area contributed by atoms with Crippen molar-refractivity contribution in [3.8, 4) is 0 Å². The zero-order valence-corrected chi connectivity index (χ0v) is 43.5. The highest BCUT2D eigenvalue weighted by Crippen LogP contribution is 2.16. The minimum absolute atomic E-state index is 0.000503. The number of esters is 1. The Balaban J connectivity index is 3.43. The molecule has 0 saturated carbocycles. The fourth-order valence-electron chi connectivity index (χ4n) is 8.67. The Morgan fingerprint density at radius 3 is 1.14 bits per heavy atom. The van der Waals surface area contributed by atoms with Crippen LogP contribution in [0, 0.1) is 0 Å². The number of carbonyl (C=O) groups excluding carboxylic acids is 2. The lowest BCUT2D eigenvalue weighted by Gasteiger charge is -2.20. The van der Waals surface area contributed by atoms with Gasteiger partial charge in [-0.25, -0.2) is 0 Å². The van der Waals surface area contributed by atoms with Crippen molar-refractivity contribution < 1.29 is 24.5 Å². The molecular formula is C59H111NO5. The van der Waals surface area contributed by atoms with Gasteiger partial charge in [0, 0.05) is 12.8 Å². The number of allylic oxidation sites excluding steroid dienone is 5. The number of aliphatic hydroxyl groups is 2. The molecule has 0 rings (SSSR count). The summed E-state index contributed by atoms with van der Waals surface area (Å²) in [4.78, 5) is 24.4. The smallest absolute Gasteiger partial charge is 0.305 e. The minimum atomic E-state index is -0.846. The van der Waals surface area contributed by atoms with Gasteiger partial charge < -0.3 is 20.3 Å². The van der Waals surface area contributed by atoms with Gasteiger partial charge in [0.2, 0.25) is 5.91 Å². The van der Waals surface area contributed by atoms with Crippen LogP contribution in [0.5, 0.6) is 0 Å². The van der Waals surface area contributed by atoms with Gasteiger partial charge in [0.05, 0.1) is 25.4 Å². The molecule has 65 heavy (non-hydrogen) atoms. The van der Waals surface area contributed by atoms with Crippen LogP contribution in [0.3, 0.4) is 0 Å². The van der Waals surface area contributed by atoms with E-state index in [1.807, 2.05) is 6.08 Å². The maximum atomic E-state index is 12.4. The Morgan fingerprint density at radius 2 is 0.738 bits per heavy atom. The average molecular weight is 915 g/mol. The monoisotopic (exact) mass is 914 g/mol. The van der Waals surface area contributed by atoms with Crippen LogP contribution < -0.4 is 5.32 Å². The molecular weight excluding hydrogens is 803 g/mol. The van der Waals surface area contributed by atoms with Gasteiger partial charge >= 0.3 is 5.97 Å². The number of unbranched alkanes of at least 4 members (excludes halogenated alkanes) is 38. The van der Waals surface area contributed by atoms with E-state index in [9.17, 15) is 19.8 Å². The molecule has 0 aromatic rings. The van der Waals surface area contributed by atoms with Gasteiger partial charge in [0.15, 0.2) is 0 Å². The first-order valence-corrected chi connectivity index (χ1v) is 28.8. The Bertz CT molecular complexity index is 1060. The lowest BCUT2D eigenvalue weighted by molar-refractivity contribution is -0.143. The molecule has 0 aliphatic carbocycles. The lowest BCUT2D eigenvalue weighted by atomic mass is 10.0. The topological polar surface area (TPSA) is 95.9 Å². The average Bonchev–Trinajstić information content (AvgIpc) is 3.31. The van der Waals surface area contributed by atoms with Crippen molar-refractivity contribution in [3.05, 3.63) is 36.5 Å². The predicted octanol–water partition coefficient (Wildman–Crippen LogP) is 17.6. The molecule has 0 radical (unpaired) electrons. The molecule has 2 unspecified atom stereocenters. The van der Waals surface area contributed by atoms with Gasteiger partial charge in [-0.05, 0) is 77.0 Å². The standard InChI is InChI=1S/C59H111NO5/c1-3-5-7-9-11-13-15-28-32-35-39-43-47-51-57(62)56(55-61)60-58(63)52-48-44-40-36-33-29-26-24-22-20-18-16-17-19-21-23-25-27-30-34-38-42-46-50-54-65-59(64)53-49-45-41-37-31-14-12-10-8-6-4-2/h10,12,18,20,47,51,56-57,61-62H,3-9,11,13-17,19,21-46,48-50,52-55H2,1-2H3,(H,60,63)/b12-10-,20-18-,51-47+. The Kier molecular flexibility index (Phi) is 53.1. The van der Waals surface area contributed by atoms with Crippen molar-refractivity contribution >= 4 is 11.9 Å². The normalized spacial score (nSPS) is 12.9. The van der Waals surface area contributed by atoms with Crippen LogP contribution in [-0.4, -0.2) is 47.4 Å². The van der Waals surface area contributed by atoms with E-state index in [1.165, 1.54) is 231 Å². The molecule has 6 heteroatoms. The molecule has 0 aliphatic rings. The summed E-state index contributed by atoms with van der Waals surface area (Å²) in [5.74, 6) is -0.0723. The van der Waals surface area contributed by atoms with E-state index >= 15 is 0 Å². The van der Waals surface area contributed by atoms with Gasteiger partial charge in [-0.1, -0.05) is 249 Å². The van der Waals surface area contributed by atoms with Crippen LogP contribution >= 0.6 is 0 Å². The fraction of sp³-hybridized carbons (Fsp3) is 0.864. The predicted molar refractivity (Wildman–Crippen MR) is 283 cm³/mol. The van der Waals surface area contributed by atoms with E-state index < -0.39 is 12.1 Å². The maximum absolute atomic E-state index is 12.4. The highest BCUT2D eigenvalue weighted by atomic mass is 16.5. The van der Waals surface area contributed by atoms with E-state index in [2.05, 4.69) is 43.5 Å². The zero-order valence-electron chi connectivity index (χ0n) is 43.5. The summed E-state index contributed by atoms with van der Waals surface area (Å²) >= 11 is 0. The van der Waals surface area contributed by atoms with E-state index in [1.54, 1.807) is 6.08 Å². The van der Waals surface area contributed by atoms with Crippen LogP contribution in [0.25, 0.3) is 0 Å². The van der Waals surface area contributed by atoms with Crippen molar-refractivity contribution in [2.24, 2.45) is 0 Å². The first kappa shape index (κ1) is 63.1. The van der Waals surface area contributed by atoms with Crippen LogP contribution in [0.1, 0.15) is 303 Å². The molecule has 0 aromatic carbocycles. The fourth-order valence-corrected chi connectivity index (χ4v) is 8.67. The van der Waals surface area contributed by atoms with Crippen LogP contribution in [-0.2, 0) is 14.3 Å². The summed E-state index contributed by atoms with van der Waals surface area (Å²) in [6.45, 7) is 4.86. The molecule has 0 bridgehead atoms. The summed E-state index contributed by atoms with van der Waals surface area (Å²) in [5.41, 5.74) is 0. The second kappa shape index (κ2) is 54.7. The van der Waals surface area contributed by atoms with Gasteiger partial charge in [-0.3, -0.25) is 9.59 Å². The molecule has 6 nitrogen and oxygen atoms in total. The van der Waals surface area contributed by atoms with Crippen LogP contribution in [0.4, 0.5) is 0 Å². The van der Waals surface area contributed by atoms with Gasteiger partial charge in [0.25, 0.3) is 0 Å². The second-order valence-corrected chi connectivity index (χ2v) is 19.6. The van der Waals surface area contributed by atoms with E-state index in [0.29, 0.717) is 19.4 Å². The number of amides is 1. The summed E-state index contributed by atoms with van der Waals surface area (Å²) in [5, 5.41) is 23.1. The van der Waals surface area contributed by atoms with Gasteiger partial charge in [-0.15, -0.1) is 0 Å². The third-order valence-corrected chi connectivity index (χ3v) is 13.1. The second-order valence-electron chi connectivity index (χ2n) is 19.6.